The highest BCUT2D eigenvalue weighted by atomic mass is 15.1. The number of anilines is 1. The highest BCUT2D eigenvalue weighted by Crippen LogP contribution is 2.25. The van der Waals surface area contributed by atoms with Crippen molar-refractivity contribution < 1.29 is 0 Å². The van der Waals surface area contributed by atoms with Gasteiger partial charge in [0.05, 0.1) is 18.1 Å². The second kappa shape index (κ2) is 4.40. The van der Waals surface area contributed by atoms with E-state index in [1.165, 1.54) is 25.7 Å². The van der Waals surface area contributed by atoms with E-state index >= 15 is 0 Å². The molecule has 0 saturated heterocycles. The van der Waals surface area contributed by atoms with Gasteiger partial charge in [-0.15, -0.1) is 0 Å². The summed E-state index contributed by atoms with van der Waals surface area (Å²) in [5.74, 6) is 0.906. The topological polar surface area (TPSA) is 37.8 Å². The van der Waals surface area contributed by atoms with Crippen LogP contribution in [0.2, 0.25) is 0 Å². The molecule has 2 rings (SSSR count). The fraction of sp³-hybridized carbons (Fsp3) is 0.636. The number of nitrogens with zero attached hydrogens (tertiary/aromatic N) is 2. The molecule has 0 unspecified atom stereocenters. The zero-order valence-corrected chi connectivity index (χ0v) is 8.61. The van der Waals surface area contributed by atoms with Crippen molar-refractivity contribution in [1.82, 2.24) is 10.2 Å². The summed E-state index contributed by atoms with van der Waals surface area (Å²) < 4.78 is 0. The third-order valence-electron chi connectivity index (χ3n) is 2.97. The Morgan fingerprint density at radius 3 is 2.64 bits per heavy atom. The van der Waals surface area contributed by atoms with Crippen molar-refractivity contribution >= 4 is 5.69 Å². The van der Waals surface area contributed by atoms with Gasteiger partial charge in [-0.25, -0.2) is 0 Å². The molecule has 1 aromatic heterocycles. The van der Waals surface area contributed by atoms with E-state index in [1.807, 2.05) is 6.07 Å². The van der Waals surface area contributed by atoms with Gasteiger partial charge in [-0.05, 0) is 37.7 Å². The van der Waals surface area contributed by atoms with E-state index in [1.54, 1.807) is 12.4 Å². The van der Waals surface area contributed by atoms with Crippen LogP contribution in [0.3, 0.4) is 0 Å². The van der Waals surface area contributed by atoms with Gasteiger partial charge >= 0.3 is 0 Å². The van der Waals surface area contributed by atoms with Crippen LogP contribution in [0.15, 0.2) is 18.5 Å². The Kier molecular flexibility index (Phi) is 2.96. The molecule has 1 saturated carbocycles. The minimum absolute atomic E-state index is 0.635. The van der Waals surface area contributed by atoms with E-state index in [9.17, 15) is 0 Å². The fourth-order valence-corrected chi connectivity index (χ4v) is 2.02. The quantitative estimate of drug-likeness (QED) is 0.780. The highest BCUT2D eigenvalue weighted by Gasteiger charge is 2.17. The first-order valence-electron chi connectivity index (χ1n) is 5.38. The lowest BCUT2D eigenvalue weighted by molar-refractivity contribution is 0.361. The molecule has 1 fully saturated rings. The predicted octanol–water partition coefficient (Wildman–Crippen LogP) is 2.47. The third kappa shape index (κ3) is 2.44. The van der Waals surface area contributed by atoms with Crippen molar-refractivity contribution in [1.29, 1.82) is 0 Å². The summed E-state index contributed by atoms with van der Waals surface area (Å²) in [6.45, 7) is 2.34. The van der Waals surface area contributed by atoms with Crippen LogP contribution < -0.4 is 5.32 Å². The predicted molar refractivity (Wildman–Crippen MR) is 57.1 cm³/mol. The molecule has 0 aliphatic heterocycles. The van der Waals surface area contributed by atoms with E-state index in [4.69, 9.17) is 0 Å². The van der Waals surface area contributed by atoms with E-state index in [0.29, 0.717) is 6.04 Å². The van der Waals surface area contributed by atoms with Crippen LogP contribution in [0.4, 0.5) is 5.69 Å². The molecule has 1 aliphatic carbocycles. The Labute approximate surface area is 84.9 Å². The molecule has 14 heavy (non-hydrogen) atoms. The van der Waals surface area contributed by atoms with Gasteiger partial charge in [0.25, 0.3) is 0 Å². The maximum Gasteiger partial charge on any atom is 0.0727 e. The summed E-state index contributed by atoms with van der Waals surface area (Å²) in [5.41, 5.74) is 1.10. The molecule has 0 aromatic carbocycles. The molecule has 3 heteroatoms. The molecule has 1 aromatic rings. The van der Waals surface area contributed by atoms with Crippen LogP contribution in [-0.4, -0.2) is 16.2 Å². The normalized spacial score (nSPS) is 27.2. The molecule has 1 aliphatic rings. The number of hydrogen-bond acceptors (Lipinski definition) is 3. The van der Waals surface area contributed by atoms with E-state index in [2.05, 4.69) is 22.4 Å². The maximum absolute atomic E-state index is 3.85. The third-order valence-corrected chi connectivity index (χ3v) is 2.97. The van der Waals surface area contributed by atoms with Crippen LogP contribution in [0.5, 0.6) is 0 Å². The minimum Gasteiger partial charge on any atom is -0.381 e. The molecule has 0 radical (unpaired) electrons. The smallest absolute Gasteiger partial charge is 0.0727 e. The molecule has 76 valence electrons. The van der Waals surface area contributed by atoms with E-state index < -0.39 is 0 Å². The van der Waals surface area contributed by atoms with Gasteiger partial charge in [0, 0.05) is 6.04 Å². The van der Waals surface area contributed by atoms with E-state index in [-0.39, 0.29) is 0 Å². The lowest BCUT2D eigenvalue weighted by atomic mass is 9.87. The Morgan fingerprint density at radius 1 is 1.21 bits per heavy atom. The van der Waals surface area contributed by atoms with Gasteiger partial charge in [-0.2, -0.15) is 10.2 Å². The zero-order chi connectivity index (χ0) is 9.80. The summed E-state index contributed by atoms with van der Waals surface area (Å²) in [5, 5.41) is 11.1. The van der Waals surface area contributed by atoms with E-state index in [0.717, 1.165) is 11.6 Å². The molecular formula is C11H17N3. The molecular weight excluding hydrogens is 174 g/mol. The van der Waals surface area contributed by atoms with Crippen LogP contribution >= 0.6 is 0 Å². The second-order valence-corrected chi connectivity index (χ2v) is 4.23. The van der Waals surface area contributed by atoms with Crippen molar-refractivity contribution in [3.05, 3.63) is 18.5 Å². The van der Waals surface area contributed by atoms with Crippen molar-refractivity contribution in [2.75, 3.05) is 5.32 Å². The first-order valence-corrected chi connectivity index (χ1v) is 5.38. The Bertz CT molecular complexity index is 265. The van der Waals surface area contributed by atoms with Gasteiger partial charge in [-0.1, -0.05) is 6.92 Å². The zero-order valence-electron chi connectivity index (χ0n) is 8.61. The molecule has 0 spiro atoms. The number of rotatable bonds is 2. The molecule has 0 bridgehead atoms. The van der Waals surface area contributed by atoms with Gasteiger partial charge in [0.2, 0.25) is 0 Å². The summed E-state index contributed by atoms with van der Waals surface area (Å²) in [6.07, 6.45) is 8.77. The molecule has 1 N–H and O–H groups in total. The molecule has 0 amide bonds. The molecule has 1 heterocycles. The number of nitrogens with one attached hydrogen (secondary N) is 1. The van der Waals surface area contributed by atoms with Gasteiger partial charge in [0.15, 0.2) is 0 Å². The van der Waals surface area contributed by atoms with Gasteiger partial charge in [0.1, 0.15) is 0 Å². The summed E-state index contributed by atoms with van der Waals surface area (Å²) in [7, 11) is 0. The van der Waals surface area contributed by atoms with Crippen LogP contribution in [-0.2, 0) is 0 Å². The lowest BCUT2D eigenvalue weighted by Crippen LogP contribution is -2.25. The second-order valence-electron chi connectivity index (χ2n) is 4.23. The van der Waals surface area contributed by atoms with Crippen molar-refractivity contribution in [2.45, 2.75) is 38.6 Å². The number of hydrogen-bond donors (Lipinski definition) is 1. The van der Waals surface area contributed by atoms with Crippen LogP contribution in [0.25, 0.3) is 0 Å². The maximum atomic E-state index is 3.85. The molecule has 0 atom stereocenters. The summed E-state index contributed by atoms with van der Waals surface area (Å²) >= 11 is 0. The SMILES string of the molecule is CC1CCC(Nc2ccnnc2)CC1. The lowest BCUT2D eigenvalue weighted by Gasteiger charge is -2.27. The monoisotopic (exact) mass is 191 g/mol. The van der Waals surface area contributed by atoms with Crippen LogP contribution in [0.1, 0.15) is 32.6 Å². The van der Waals surface area contributed by atoms with Gasteiger partial charge in [-0.3, -0.25) is 0 Å². The van der Waals surface area contributed by atoms with Crippen molar-refractivity contribution in [3.8, 4) is 0 Å². The van der Waals surface area contributed by atoms with Crippen LogP contribution in [0, 0.1) is 5.92 Å². The first-order chi connectivity index (χ1) is 6.84. The summed E-state index contributed by atoms with van der Waals surface area (Å²) in [4.78, 5) is 0. The van der Waals surface area contributed by atoms with Crippen molar-refractivity contribution in [2.24, 2.45) is 5.92 Å². The fourth-order valence-electron chi connectivity index (χ4n) is 2.02. The van der Waals surface area contributed by atoms with Crippen molar-refractivity contribution in [3.63, 3.8) is 0 Å². The number of aromatic nitrogens is 2. The standard InChI is InChI=1S/C11H17N3/c1-9-2-4-10(5-3-9)14-11-6-7-12-13-8-11/h6-10H,2-5H2,1H3,(H,12,14). The molecule has 3 nitrogen and oxygen atoms in total. The Hall–Kier alpha value is -1.12. The minimum atomic E-state index is 0.635. The first kappa shape index (κ1) is 9.44. The Morgan fingerprint density at radius 2 is 2.00 bits per heavy atom. The highest BCUT2D eigenvalue weighted by molar-refractivity contribution is 5.39. The Balaban J connectivity index is 1.87. The average Bonchev–Trinajstić information content (AvgIpc) is 2.23. The average molecular weight is 191 g/mol. The largest absolute Gasteiger partial charge is 0.381 e. The summed E-state index contributed by atoms with van der Waals surface area (Å²) in [6, 6.07) is 2.61. The van der Waals surface area contributed by atoms with Gasteiger partial charge < -0.3 is 5.32 Å².